The number of benzene rings is 1. The number of rotatable bonds is 8. The molecule has 1 aromatic heterocycles. The minimum absolute atomic E-state index is 0.157. The van der Waals surface area contributed by atoms with Crippen LogP contribution in [0.2, 0.25) is 0 Å². The summed E-state index contributed by atoms with van der Waals surface area (Å²) in [6.07, 6.45) is 3.32. The van der Waals surface area contributed by atoms with Gasteiger partial charge in [0, 0.05) is 4.88 Å². The normalized spacial score (nSPS) is 12.5. The average molecular weight is 291 g/mol. The molecule has 0 spiro atoms. The lowest BCUT2D eigenvalue weighted by molar-refractivity contribution is 0.450. The summed E-state index contributed by atoms with van der Waals surface area (Å²) in [4.78, 5) is 1.45. The second kappa shape index (κ2) is 8.18. The van der Waals surface area contributed by atoms with E-state index in [1.807, 2.05) is 23.5 Å². The van der Waals surface area contributed by atoms with Crippen LogP contribution < -0.4 is 5.32 Å². The minimum atomic E-state index is -0.157. The molecule has 0 aliphatic rings. The highest BCUT2D eigenvalue weighted by Crippen LogP contribution is 2.18. The van der Waals surface area contributed by atoms with E-state index in [9.17, 15) is 4.39 Å². The molecule has 1 nitrogen and oxygen atoms in total. The van der Waals surface area contributed by atoms with Gasteiger partial charge in [0.2, 0.25) is 0 Å². The first-order valence-electron chi connectivity index (χ1n) is 7.25. The predicted octanol–water partition coefficient (Wildman–Crippen LogP) is 4.29. The molecule has 0 saturated heterocycles. The molecule has 0 aliphatic heterocycles. The Labute approximate surface area is 124 Å². The first kappa shape index (κ1) is 15.2. The standard InChI is InChI=1S/C17H22FNS/c1-2-19-13-15(7-10-17-4-3-11-20-17)12-14-5-8-16(18)9-6-14/h3-6,8-9,11,15,19H,2,7,10,12-13H2,1H3. The summed E-state index contributed by atoms with van der Waals surface area (Å²) in [6, 6.07) is 11.2. The van der Waals surface area contributed by atoms with Crippen molar-refractivity contribution in [2.75, 3.05) is 13.1 Å². The fourth-order valence-electron chi connectivity index (χ4n) is 2.38. The molecule has 0 amide bonds. The van der Waals surface area contributed by atoms with Crippen LogP contribution in [-0.2, 0) is 12.8 Å². The molecule has 108 valence electrons. The smallest absolute Gasteiger partial charge is 0.123 e. The van der Waals surface area contributed by atoms with Crippen molar-refractivity contribution >= 4 is 11.3 Å². The lowest BCUT2D eigenvalue weighted by Gasteiger charge is -2.17. The third-order valence-corrected chi connectivity index (χ3v) is 4.44. The van der Waals surface area contributed by atoms with Crippen molar-refractivity contribution < 1.29 is 4.39 Å². The van der Waals surface area contributed by atoms with Crippen molar-refractivity contribution in [1.82, 2.24) is 5.32 Å². The van der Waals surface area contributed by atoms with Gasteiger partial charge in [-0.15, -0.1) is 11.3 Å². The Morgan fingerprint density at radius 2 is 2.00 bits per heavy atom. The van der Waals surface area contributed by atoms with Gasteiger partial charge in [0.15, 0.2) is 0 Å². The largest absolute Gasteiger partial charge is 0.317 e. The van der Waals surface area contributed by atoms with Crippen LogP contribution in [0.15, 0.2) is 41.8 Å². The number of hydrogen-bond acceptors (Lipinski definition) is 2. The molecule has 0 radical (unpaired) electrons. The monoisotopic (exact) mass is 291 g/mol. The topological polar surface area (TPSA) is 12.0 Å². The van der Waals surface area contributed by atoms with E-state index in [1.165, 1.54) is 16.9 Å². The highest BCUT2D eigenvalue weighted by Gasteiger charge is 2.10. The van der Waals surface area contributed by atoms with Gasteiger partial charge in [-0.2, -0.15) is 0 Å². The summed E-state index contributed by atoms with van der Waals surface area (Å²) in [6.45, 7) is 4.16. The van der Waals surface area contributed by atoms with Gasteiger partial charge in [0.05, 0.1) is 0 Å². The summed E-state index contributed by atoms with van der Waals surface area (Å²) in [5.74, 6) is 0.443. The summed E-state index contributed by atoms with van der Waals surface area (Å²) >= 11 is 1.83. The number of aryl methyl sites for hydroxylation is 1. The molecule has 20 heavy (non-hydrogen) atoms. The Balaban J connectivity index is 1.90. The molecule has 0 fully saturated rings. The molecular weight excluding hydrogens is 269 g/mol. The third kappa shape index (κ3) is 5.06. The maximum Gasteiger partial charge on any atom is 0.123 e. The Hall–Kier alpha value is -1.19. The van der Waals surface area contributed by atoms with Crippen molar-refractivity contribution in [3.63, 3.8) is 0 Å². The molecule has 1 aromatic carbocycles. The van der Waals surface area contributed by atoms with Gasteiger partial charge < -0.3 is 5.32 Å². The fourth-order valence-corrected chi connectivity index (χ4v) is 3.10. The van der Waals surface area contributed by atoms with Crippen LogP contribution >= 0.6 is 11.3 Å². The zero-order valence-corrected chi connectivity index (χ0v) is 12.8. The molecular formula is C17H22FNS. The third-order valence-electron chi connectivity index (χ3n) is 3.50. The van der Waals surface area contributed by atoms with Crippen molar-refractivity contribution in [2.24, 2.45) is 5.92 Å². The van der Waals surface area contributed by atoms with E-state index in [4.69, 9.17) is 0 Å². The average Bonchev–Trinajstić information content (AvgIpc) is 2.97. The van der Waals surface area contributed by atoms with Crippen molar-refractivity contribution in [1.29, 1.82) is 0 Å². The van der Waals surface area contributed by atoms with Crippen molar-refractivity contribution in [3.05, 3.63) is 58.0 Å². The van der Waals surface area contributed by atoms with Crippen LogP contribution in [-0.4, -0.2) is 13.1 Å². The van der Waals surface area contributed by atoms with Crippen LogP contribution in [0.25, 0.3) is 0 Å². The Morgan fingerprint density at radius 3 is 2.65 bits per heavy atom. The van der Waals surface area contributed by atoms with E-state index in [1.54, 1.807) is 12.1 Å². The van der Waals surface area contributed by atoms with Gasteiger partial charge in [-0.1, -0.05) is 25.1 Å². The number of thiophene rings is 1. The zero-order valence-electron chi connectivity index (χ0n) is 11.9. The summed E-state index contributed by atoms with van der Waals surface area (Å²) in [5.41, 5.74) is 1.22. The van der Waals surface area contributed by atoms with Gasteiger partial charge >= 0.3 is 0 Å². The Morgan fingerprint density at radius 1 is 1.20 bits per heavy atom. The minimum Gasteiger partial charge on any atom is -0.317 e. The van der Waals surface area contributed by atoms with Gasteiger partial charge in [-0.05, 0) is 67.4 Å². The molecule has 0 aliphatic carbocycles. The van der Waals surface area contributed by atoms with Gasteiger partial charge in [0.1, 0.15) is 5.82 Å². The van der Waals surface area contributed by atoms with Crippen LogP contribution in [0.3, 0.4) is 0 Å². The lowest BCUT2D eigenvalue weighted by Crippen LogP contribution is -2.24. The molecule has 2 aromatic rings. The van der Waals surface area contributed by atoms with Gasteiger partial charge in [0.25, 0.3) is 0 Å². The second-order valence-corrected chi connectivity index (χ2v) is 6.15. The molecule has 0 bridgehead atoms. The van der Waals surface area contributed by atoms with E-state index < -0.39 is 0 Å². The van der Waals surface area contributed by atoms with Crippen molar-refractivity contribution in [3.8, 4) is 0 Å². The lowest BCUT2D eigenvalue weighted by atomic mass is 9.94. The number of nitrogens with one attached hydrogen (secondary N) is 1. The summed E-state index contributed by atoms with van der Waals surface area (Å²) in [5, 5.41) is 5.57. The summed E-state index contributed by atoms with van der Waals surface area (Å²) < 4.78 is 12.9. The molecule has 1 atom stereocenters. The number of halogens is 1. The molecule has 1 heterocycles. The van der Waals surface area contributed by atoms with Crippen LogP contribution in [0.1, 0.15) is 23.8 Å². The fraction of sp³-hybridized carbons (Fsp3) is 0.412. The van der Waals surface area contributed by atoms with E-state index in [-0.39, 0.29) is 5.82 Å². The van der Waals surface area contributed by atoms with Crippen LogP contribution in [0, 0.1) is 11.7 Å². The molecule has 2 rings (SSSR count). The highest BCUT2D eigenvalue weighted by molar-refractivity contribution is 7.09. The second-order valence-electron chi connectivity index (χ2n) is 5.12. The molecule has 1 unspecified atom stereocenters. The van der Waals surface area contributed by atoms with Crippen LogP contribution in [0.5, 0.6) is 0 Å². The van der Waals surface area contributed by atoms with E-state index in [0.717, 1.165) is 25.9 Å². The van der Waals surface area contributed by atoms with Gasteiger partial charge in [-0.3, -0.25) is 0 Å². The molecule has 0 saturated carbocycles. The maximum absolute atomic E-state index is 12.9. The van der Waals surface area contributed by atoms with E-state index in [0.29, 0.717) is 5.92 Å². The van der Waals surface area contributed by atoms with E-state index in [2.05, 4.69) is 29.8 Å². The zero-order chi connectivity index (χ0) is 14.2. The summed E-state index contributed by atoms with van der Waals surface area (Å²) in [7, 11) is 0. The Kier molecular flexibility index (Phi) is 6.22. The van der Waals surface area contributed by atoms with Crippen molar-refractivity contribution in [2.45, 2.75) is 26.2 Å². The van der Waals surface area contributed by atoms with E-state index >= 15 is 0 Å². The first-order valence-corrected chi connectivity index (χ1v) is 8.13. The Bertz CT molecular complexity index is 478. The maximum atomic E-state index is 12.9. The highest BCUT2D eigenvalue weighted by atomic mass is 32.1. The SMILES string of the molecule is CCNCC(CCc1cccs1)Cc1ccc(F)cc1. The predicted molar refractivity (Wildman–Crippen MR) is 84.8 cm³/mol. The molecule has 1 N–H and O–H groups in total. The first-order chi connectivity index (χ1) is 9.78. The van der Waals surface area contributed by atoms with Crippen LogP contribution in [0.4, 0.5) is 4.39 Å². The quantitative estimate of drug-likeness (QED) is 0.765. The van der Waals surface area contributed by atoms with Gasteiger partial charge in [-0.25, -0.2) is 4.39 Å². The molecule has 3 heteroatoms. The number of hydrogen-bond donors (Lipinski definition) is 1.